The van der Waals surface area contributed by atoms with Gasteiger partial charge in [0.1, 0.15) is 30.1 Å². The molecule has 1 aliphatic rings. The van der Waals surface area contributed by atoms with Crippen LogP contribution in [0.25, 0.3) is 11.0 Å². The van der Waals surface area contributed by atoms with Gasteiger partial charge in [0.05, 0.1) is 19.6 Å². The topological polar surface area (TPSA) is 209 Å². The summed E-state index contributed by atoms with van der Waals surface area (Å²) in [5, 5.41) is 3.15. The Hall–Kier alpha value is -5.25. The Morgan fingerprint density at radius 2 is 1.69 bits per heavy atom. The molecule has 0 aliphatic carbocycles. The summed E-state index contributed by atoms with van der Waals surface area (Å²) < 4.78 is 44.9. The van der Waals surface area contributed by atoms with Crippen molar-refractivity contribution in [1.29, 1.82) is 0 Å². The highest BCUT2D eigenvalue weighted by atomic mass is 16.7. The van der Waals surface area contributed by atoms with Crippen molar-refractivity contribution in [3.63, 3.8) is 0 Å². The molecule has 0 spiro atoms. The molecule has 1 aromatic heterocycles. The predicted octanol–water partition coefficient (Wildman–Crippen LogP) is 1.73. The molecule has 2 heterocycles. The minimum atomic E-state index is -2.52. The molecule has 0 bridgehead atoms. The summed E-state index contributed by atoms with van der Waals surface area (Å²) in [4.78, 5) is 87.5. The van der Waals surface area contributed by atoms with Crippen LogP contribution in [0.5, 0.6) is 5.75 Å². The molecule has 1 fully saturated rings. The molecule has 2 aromatic rings. The van der Waals surface area contributed by atoms with Crippen molar-refractivity contribution in [2.45, 2.75) is 90.6 Å². The predicted molar refractivity (Wildman–Crippen MR) is 167 cm³/mol. The highest BCUT2D eigenvalue weighted by molar-refractivity contribution is 5.86. The molecule has 3 rings (SSSR count). The number of allylic oxidation sites excluding steroid dienone is 1. The minimum Gasteiger partial charge on any atom is -0.464 e. The Bertz CT molecular complexity index is 1680. The van der Waals surface area contributed by atoms with E-state index in [1.165, 1.54) is 18.2 Å². The van der Waals surface area contributed by atoms with Gasteiger partial charge in [-0.1, -0.05) is 6.08 Å². The van der Waals surface area contributed by atoms with Crippen LogP contribution < -0.4 is 15.7 Å². The normalized spacial score (nSPS) is 21.3. The summed E-state index contributed by atoms with van der Waals surface area (Å²) >= 11 is 0. The molecule has 6 atom stereocenters. The van der Waals surface area contributed by atoms with E-state index in [0.29, 0.717) is 10.9 Å². The van der Waals surface area contributed by atoms with Gasteiger partial charge in [-0.15, -0.1) is 6.58 Å². The number of benzene rings is 1. The monoisotopic (exact) mass is 689 g/mol. The lowest BCUT2D eigenvalue weighted by Gasteiger charge is -2.48. The number of aryl methyl sites for hydroxylation is 1. The van der Waals surface area contributed by atoms with Gasteiger partial charge in [-0.05, 0) is 31.0 Å². The summed E-state index contributed by atoms with van der Waals surface area (Å²) in [5.41, 5.74) is 0.373. The Morgan fingerprint density at radius 1 is 1.02 bits per heavy atom. The number of fused-ring (bicyclic) bond motifs is 1. The average Bonchev–Trinajstić information content (AvgIpc) is 2.99. The smallest absolute Gasteiger partial charge is 0.379 e. The minimum absolute atomic E-state index is 0.0367. The molecule has 1 aromatic carbocycles. The lowest BCUT2D eigenvalue weighted by Crippen LogP contribution is -2.70. The number of nitrogens with one attached hydrogen (secondary N) is 1. The number of hydrogen-bond donors (Lipinski definition) is 1. The first kappa shape index (κ1) is 38.2. The van der Waals surface area contributed by atoms with Crippen LogP contribution in [-0.4, -0.2) is 85.7 Å². The maximum atomic E-state index is 13.8. The maximum Gasteiger partial charge on any atom is 0.379 e. The third-order valence-corrected chi connectivity index (χ3v) is 7.30. The molecular formula is C33H39NO15. The lowest BCUT2D eigenvalue weighted by molar-refractivity contribution is -0.289. The van der Waals surface area contributed by atoms with E-state index < -0.39 is 90.7 Å². The highest BCUT2D eigenvalue weighted by Gasteiger charge is 2.60. The SMILES string of the molecule is C=CCc1c(OC2(C(=O)OC)CC(OC(C)=O)C(NC(C)=O)C([C@H](OC(C)=O)[C@@H](COC(C)=O)OC(C)=O)O2)ccc2c(C)cc(=O)oc12. The summed E-state index contributed by atoms with van der Waals surface area (Å²) in [6, 6.07) is 3.00. The number of esters is 5. The molecule has 16 nitrogen and oxygen atoms in total. The first-order chi connectivity index (χ1) is 23.0. The first-order valence-corrected chi connectivity index (χ1v) is 15.1. The van der Waals surface area contributed by atoms with Crippen LogP contribution in [0.3, 0.4) is 0 Å². The van der Waals surface area contributed by atoms with Gasteiger partial charge in [-0.2, -0.15) is 0 Å². The van der Waals surface area contributed by atoms with Crippen molar-refractivity contribution < 1.29 is 66.3 Å². The fourth-order valence-corrected chi connectivity index (χ4v) is 5.54. The van der Waals surface area contributed by atoms with Crippen LogP contribution in [0.1, 0.15) is 52.2 Å². The molecule has 1 N–H and O–H groups in total. The second-order valence-electron chi connectivity index (χ2n) is 11.2. The van der Waals surface area contributed by atoms with Crippen molar-refractivity contribution in [2.24, 2.45) is 0 Å². The number of rotatable bonds is 13. The number of amides is 1. The fraction of sp³-hybridized carbons (Fsp3) is 0.485. The summed E-state index contributed by atoms with van der Waals surface area (Å²) in [6.07, 6.45) is -5.47. The molecular weight excluding hydrogens is 650 g/mol. The first-order valence-electron chi connectivity index (χ1n) is 15.1. The van der Waals surface area contributed by atoms with E-state index in [-0.39, 0.29) is 23.3 Å². The van der Waals surface area contributed by atoms with Crippen LogP contribution in [0, 0.1) is 6.92 Å². The van der Waals surface area contributed by atoms with Crippen LogP contribution in [0.2, 0.25) is 0 Å². The zero-order valence-corrected chi connectivity index (χ0v) is 28.1. The fourth-order valence-electron chi connectivity index (χ4n) is 5.54. The van der Waals surface area contributed by atoms with Crippen LogP contribution in [0.15, 0.2) is 40.1 Å². The Labute approximate surface area is 280 Å². The molecule has 1 amide bonds. The van der Waals surface area contributed by atoms with Crippen molar-refractivity contribution in [1.82, 2.24) is 5.32 Å². The average molecular weight is 690 g/mol. The summed E-state index contributed by atoms with van der Waals surface area (Å²) in [6.45, 7) is 10.2. The van der Waals surface area contributed by atoms with Crippen molar-refractivity contribution in [3.05, 3.63) is 52.4 Å². The van der Waals surface area contributed by atoms with Gasteiger partial charge in [0.15, 0.2) is 12.2 Å². The van der Waals surface area contributed by atoms with E-state index in [9.17, 15) is 33.6 Å². The van der Waals surface area contributed by atoms with E-state index in [2.05, 4.69) is 11.9 Å². The molecule has 1 saturated heterocycles. The van der Waals surface area contributed by atoms with Gasteiger partial charge in [0, 0.05) is 51.6 Å². The van der Waals surface area contributed by atoms with E-state index in [1.807, 2.05) is 0 Å². The van der Waals surface area contributed by atoms with E-state index >= 15 is 0 Å². The molecule has 49 heavy (non-hydrogen) atoms. The number of methoxy groups -OCH3 is 1. The standard InChI is InChI=1S/C33H39NO15/c1-9-10-23-24(12-11-22-16(2)13-27(40)47-29(22)23)48-33(32(41)42-8)14-25(44-19(5)37)28(34-17(3)35)31(49-33)30(46-21(7)39)26(45-20(6)38)15-43-18(4)36/h9,11-13,25-26,28,30-31H,1,10,14-15H2,2-8H3,(H,34,35)/t25?,26-,28?,30-,31?,33?/m1/s1. The number of carbonyl (C=O) groups excluding carboxylic acids is 6. The Kier molecular flexibility index (Phi) is 12.7. The van der Waals surface area contributed by atoms with Gasteiger partial charge in [-0.25, -0.2) is 9.59 Å². The van der Waals surface area contributed by atoms with Crippen LogP contribution >= 0.6 is 0 Å². The molecule has 4 unspecified atom stereocenters. The van der Waals surface area contributed by atoms with E-state index in [4.69, 9.17) is 37.6 Å². The molecule has 266 valence electrons. The van der Waals surface area contributed by atoms with E-state index in [1.54, 1.807) is 13.0 Å². The highest BCUT2D eigenvalue weighted by Crippen LogP contribution is 2.40. The van der Waals surface area contributed by atoms with Crippen LogP contribution in [0.4, 0.5) is 0 Å². The van der Waals surface area contributed by atoms with Gasteiger partial charge < -0.3 is 42.9 Å². The zero-order chi connectivity index (χ0) is 36.6. The maximum absolute atomic E-state index is 13.8. The van der Waals surface area contributed by atoms with Crippen molar-refractivity contribution in [2.75, 3.05) is 13.7 Å². The van der Waals surface area contributed by atoms with Gasteiger partial charge in [0.25, 0.3) is 0 Å². The molecule has 1 aliphatic heterocycles. The van der Waals surface area contributed by atoms with E-state index in [0.717, 1.165) is 41.7 Å². The third kappa shape index (κ3) is 9.43. The van der Waals surface area contributed by atoms with Crippen molar-refractivity contribution in [3.8, 4) is 5.75 Å². The molecule has 0 radical (unpaired) electrons. The Balaban J connectivity index is 2.34. The third-order valence-electron chi connectivity index (χ3n) is 7.30. The Morgan fingerprint density at radius 3 is 2.24 bits per heavy atom. The zero-order valence-electron chi connectivity index (χ0n) is 28.1. The molecule has 0 saturated carbocycles. The number of carbonyl (C=O) groups is 6. The number of ether oxygens (including phenoxy) is 7. The summed E-state index contributed by atoms with van der Waals surface area (Å²) in [7, 11) is 1.03. The van der Waals surface area contributed by atoms with Gasteiger partial charge >= 0.3 is 41.3 Å². The quantitative estimate of drug-likeness (QED) is 0.137. The van der Waals surface area contributed by atoms with Gasteiger partial charge in [0.2, 0.25) is 5.91 Å². The molecule has 16 heteroatoms. The second-order valence-corrected chi connectivity index (χ2v) is 11.2. The lowest BCUT2D eigenvalue weighted by atomic mass is 9.87. The van der Waals surface area contributed by atoms with Crippen LogP contribution in [-0.2, 0) is 63.6 Å². The van der Waals surface area contributed by atoms with Gasteiger partial charge in [-0.3, -0.25) is 24.0 Å². The largest absolute Gasteiger partial charge is 0.464 e. The summed E-state index contributed by atoms with van der Waals surface area (Å²) in [5.74, 6) is -7.79. The van der Waals surface area contributed by atoms with Crippen molar-refractivity contribution >= 4 is 46.7 Å². The second kappa shape index (κ2) is 16.2. The number of hydrogen-bond acceptors (Lipinski definition) is 15.